The SMILES string of the molecule is CCCCOc1cc(F)ccc1Br. The van der Waals surface area contributed by atoms with Crippen molar-refractivity contribution in [2.45, 2.75) is 19.8 Å². The van der Waals surface area contributed by atoms with Gasteiger partial charge in [-0.15, -0.1) is 0 Å². The first-order chi connectivity index (χ1) is 6.24. The van der Waals surface area contributed by atoms with Crippen molar-refractivity contribution in [3.8, 4) is 5.75 Å². The molecule has 3 heteroatoms. The minimum absolute atomic E-state index is 0.269. The fourth-order valence-corrected chi connectivity index (χ4v) is 1.28. The zero-order valence-corrected chi connectivity index (χ0v) is 9.10. The van der Waals surface area contributed by atoms with Crippen molar-refractivity contribution in [2.75, 3.05) is 6.61 Å². The minimum atomic E-state index is -0.269. The molecule has 0 aliphatic heterocycles. The fraction of sp³-hybridized carbons (Fsp3) is 0.400. The maximum absolute atomic E-state index is 12.8. The van der Waals surface area contributed by atoms with Crippen LogP contribution in [0.2, 0.25) is 0 Å². The molecule has 0 saturated carbocycles. The van der Waals surface area contributed by atoms with Crippen molar-refractivity contribution >= 4 is 15.9 Å². The van der Waals surface area contributed by atoms with Gasteiger partial charge in [0.05, 0.1) is 11.1 Å². The molecule has 0 bridgehead atoms. The summed E-state index contributed by atoms with van der Waals surface area (Å²) in [6.45, 7) is 2.72. The first kappa shape index (κ1) is 10.5. The van der Waals surface area contributed by atoms with Crippen LogP contribution in [0.15, 0.2) is 22.7 Å². The Kier molecular flexibility index (Phi) is 4.22. The molecule has 0 spiro atoms. The van der Waals surface area contributed by atoms with Gasteiger partial charge in [0, 0.05) is 6.07 Å². The molecule has 0 atom stereocenters. The standard InChI is InChI=1S/C10H12BrFO/c1-2-3-6-13-10-7-8(12)4-5-9(10)11/h4-5,7H,2-3,6H2,1H3. The maximum Gasteiger partial charge on any atom is 0.136 e. The van der Waals surface area contributed by atoms with Gasteiger partial charge in [-0.1, -0.05) is 13.3 Å². The molecule has 72 valence electrons. The highest BCUT2D eigenvalue weighted by Gasteiger charge is 2.01. The molecular weight excluding hydrogens is 235 g/mol. The Hall–Kier alpha value is -0.570. The monoisotopic (exact) mass is 246 g/mol. The van der Waals surface area contributed by atoms with E-state index in [2.05, 4.69) is 22.9 Å². The Bertz CT molecular complexity index is 276. The van der Waals surface area contributed by atoms with Crippen LogP contribution in [-0.4, -0.2) is 6.61 Å². The lowest BCUT2D eigenvalue weighted by Gasteiger charge is -2.06. The molecule has 13 heavy (non-hydrogen) atoms. The Balaban J connectivity index is 2.59. The van der Waals surface area contributed by atoms with Crippen LogP contribution in [0.4, 0.5) is 4.39 Å². The zero-order chi connectivity index (χ0) is 9.68. The number of rotatable bonds is 4. The van der Waals surface area contributed by atoms with Crippen molar-refractivity contribution in [3.63, 3.8) is 0 Å². The van der Waals surface area contributed by atoms with E-state index in [-0.39, 0.29) is 5.82 Å². The van der Waals surface area contributed by atoms with Crippen molar-refractivity contribution in [1.29, 1.82) is 0 Å². The number of halogens is 2. The summed E-state index contributed by atoms with van der Waals surface area (Å²) in [6, 6.07) is 4.44. The van der Waals surface area contributed by atoms with Gasteiger partial charge in [-0.2, -0.15) is 0 Å². The van der Waals surface area contributed by atoms with Crippen LogP contribution in [-0.2, 0) is 0 Å². The minimum Gasteiger partial charge on any atom is -0.492 e. The highest BCUT2D eigenvalue weighted by molar-refractivity contribution is 9.10. The third-order valence-corrected chi connectivity index (χ3v) is 2.30. The van der Waals surface area contributed by atoms with E-state index < -0.39 is 0 Å². The highest BCUT2D eigenvalue weighted by Crippen LogP contribution is 2.25. The van der Waals surface area contributed by atoms with Crippen LogP contribution in [0.25, 0.3) is 0 Å². The Morgan fingerprint density at radius 1 is 1.46 bits per heavy atom. The predicted molar refractivity (Wildman–Crippen MR) is 54.5 cm³/mol. The summed E-state index contributed by atoms with van der Waals surface area (Å²) in [5.74, 6) is 0.308. The van der Waals surface area contributed by atoms with Crippen LogP contribution in [0.3, 0.4) is 0 Å². The fourth-order valence-electron chi connectivity index (χ4n) is 0.914. The van der Waals surface area contributed by atoms with Crippen LogP contribution < -0.4 is 4.74 Å². The van der Waals surface area contributed by atoms with Gasteiger partial charge in [0.25, 0.3) is 0 Å². The third kappa shape index (κ3) is 3.35. The Morgan fingerprint density at radius 2 is 2.23 bits per heavy atom. The molecule has 0 unspecified atom stereocenters. The van der Waals surface area contributed by atoms with Gasteiger partial charge < -0.3 is 4.74 Å². The number of hydrogen-bond donors (Lipinski definition) is 0. The van der Waals surface area contributed by atoms with Crippen LogP contribution in [0.5, 0.6) is 5.75 Å². The first-order valence-electron chi connectivity index (χ1n) is 4.32. The molecule has 1 aromatic rings. The summed E-state index contributed by atoms with van der Waals surface area (Å²) in [4.78, 5) is 0. The molecule has 0 aromatic heterocycles. The smallest absolute Gasteiger partial charge is 0.136 e. The summed E-state index contributed by atoms with van der Waals surface area (Å²) in [5.41, 5.74) is 0. The molecule has 1 nitrogen and oxygen atoms in total. The highest BCUT2D eigenvalue weighted by atomic mass is 79.9. The van der Waals surface area contributed by atoms with E-state index >= 15 is 0 Å². The topological polar surface area (TPSA) is 9.23 Å². The summed E-state index contributed by atoms with van der Waals surface area (Å²) < 4.78 is 18.9. The van der Waals surface area contributed by atoms with Crippen molar-refractivity contribution in [2.24, 2.45) is 0 Å². The molecule has 0 fully saturated rings. The molecule has 0 N–H and O–H groups in total. The number of ether oxygens (including phenoxy) is 1. The molecule has 0 saturated heterocycles. The van der Waals surface area contributed by atoms with E-state index in [9.17, 15) is 4.39 Å². The molecular formula is C10H12BrFO. The number of benzene rings is 1. The number of hydrogen-bond acceptors (Lipinski definition) is 1. The third-order valence-electron chi connectivity index (χ3n) is 1.65. The van der Waals surface area contributed by atoms with Crippen LogP contribution in [0.1, 0.15) is 19.8 Å². The molecule has 0 aliphatic carbocycles. The summed E-state index contributed by atoms with van der Waals surface area (Å²) >= 11 is 3.29. The second-order valence-corrected chi connectivity index (χ2v) is 3.63. The van der Waals surface area contributed by atoms with E-state index in [1.54, 1.807) is 6.07 Å². The van der Waals surface area contributed by atoms with E-state index in [1.165, 1.54) is 12.1 Å². The van der Waals surface area contributed by atoms with Gasteiger partial charge in [-0.25, -0.2) is 4.39 Å². The van der Waals surface area contributed by atoms with Crippen molar-refractivity contribution in [3.05, 3.63) is 28.5 Å². The van der Waals surface area contributed by atoms with Crippen LogP contribution >= 0.6 is 15.9 Å². The van der Waals surface area contributed by atoms with Crippen molar-refractivity contribution in [1.82, 2.24) is 0 Å². The number of unbranched alkanes of at least 4 members (excludes halogenated alkanes) is 1. The van der Waals surface area contributed by atoms with Crippen molar-refractivity contribution < 1.29 is 9.13 Å². The van der Waals surface area contributed by atoms with Gasteiger partial charge in [0.15, 0.2) is 0 Å². The molecule has 0 aliphatic rings. The zero-order valence-electron chi connectivity index (χ0n) is 7.52. The van der Waals surface area contributed by atoms with Crippen LogP contribution in [0, 0.1) is 5.82 Å². The maximum atomic E-state index is 12.8. The molecule has 0 radical (unpaired) electrons. The molecule has 0 amide bonds. The van der Waals surface area contributed by atoms with Gasteiger partial charge in [-0.3, -0.25) is 0 Å². The quantitative estimate of drug-likeness (QED) is 0.736. The lowest BCUT2D eigenvalue weighted by Crippen LogP contribution is -1.97. The van der Waals surface area contributed by atoms with Gasteiger partial charge in [0.2, 0.25) is 0 Å². The molecule has 1 rings (SSSR count). The van der Waals surface area contributed by atoms with E-state index in [0.29, 0.717) is 12.4 Å². The summed E-state index contributed by atoms with van der Waals surface area (Å²) in [5, 5.41) is 0. The molecule has 0 heterocycles. The van der Waals surface area contributed by atoms with E-state index in [1.807, 2.05) is 0 Å². The second-order valence-electron chi connectivity index (χ2n) is 2.78. The van der Waals surface area contributed by atoms with Gasteiger partial charge in [0.1, 0.15) is 11.6 Å². The second kappa shape index (κ2) is 5.22. The normalized spacial score (nSPS) is 10.1. The Morgan fingerprint density at radius 3 is 2.92 bits per heavy atom. The van der Waals surface area contributed by atoms with Gasteiger partial charge >= 0.3 is 0 Å². The summed E-state index contributed by atoms with van der Waals surface area (Å²) in [7, 11) is 0. The largest absolute Gasteiger partial charge is 0.492 e. The lowest BCUT2D eigenvalue weighted by molar-refractivity contribution is 0.306. The lowest BCUT2D eigenvalue weighted by atomic mass is 10.3. The Labute approximate surface area is 86.0 Å². The first-order valence-corrected chi connectivity index (χ1v) is 5.11. The van der Waals surface area contributed by atoms with E-state index in [0.717, 1.165) is 17.3 Å². The average molecular weight is 247 g/mol. The summed E-state index contributed by atoms with van der Waals surface area (Å²) in [6.07, 6.45) is 2.07. The van der Waals surface area contributed by atoms with Gasteiger partial charge in [-0.05, 0) is 34.5 Å². The molecule has 1 aromatic carbocycles. The predicted octanol–water partition coefficient (Wildman–Crippen LogP) is 3.77. The average Bonchev–Trinajstić information content (AvgIpc) is 2.11. The van der Waals surface area contributed by atoms with E-state index in [4.69, 9.17) is 4.74 Å².